The van der Waals surface area contributed by atoms with Gasteiger partial charge in [0.2, 0.25) is 5.43 Å². The minimum atomic E-state index is -1.37. The number of rotatable bonds is 4. The number of para-hydroxylation sites is 1. The molecule has 0 saturated heterocycles. The summed E-state index contributed by atoms with van der Waals surface area (Å²) in [5.74, 6) is -1.62. The standard InChI is InChI=1S/C21H14FN3O3/c22-17-8-4-7-15-19(17)25(11-16(20(15)26)21(27)28)12-18-23-9-14(10-24-18)13-5-2-1-3-6-13/h1-11H,12H2,(H,27,28). The van der Waals surface area contributed by atoms with Crippen LogP contribution in [0.3, 0.4) is 0 Å². The van der Waals surface area contributed by atoms with Crippen LogP contribution in [0.4, 0.5) is 4.39 Å². The van der Waals surface area contributed by atoms with E-state index in [1.54, 1.807) is 12.4 Å². The maximum atomic E-state index is 14.4. The molecule has 0 spiro atoms. The lowest BCUT2D eigenvalue weighted by molar-refractivity contribution is 0.0695. The number of fused-ring (bicyclic) bond motifs is 1. The molecule has 28 heavy (non-hydrogen) atoms. The molecule has 2 aromatic carbocycles. The van der Waals surface area contributed by atoms with E-state index in [9.17, 15) is 19.1 Å². The van der Waals surface area contributed by atoms with Gasteiger partial charge in [-0.05, 0) is 17.7 Å². The Kier molecular flexibility index (Phi) is 4.41. The fourth-order valence-electron chi connectivity index (χ4n) is 3.06. The molecule has 138 valence electrons. The maximum absolute atomic E-state index is 14.4. The minimum absolute atomic E-state index is 0.000746. The highest BCUT2D eigenvalue weighted by Crippen LogP contribution is 2.19. The van der Waals surface area contributed by atoms with E-state index < -0.39 is 22.8 Å². The normalized spacial score (nSPS) is 10.9. The van der Waals surface area contributed by atoms with Crippen molar-refractivity contribution in [2.75, 3.05) is 0 Å². The van der Waals surface area contributed by atoms with Gasteiger partial charge in [-0.25, -0.2) is 19.2 Å². The molecule has 2 aromatic heterocycles. The number of aromatic nitrogens is 3. The third-order valence-electron chi connectivity index (χ3n) is 4.40. The summed E-state index contributed by atoms with van der Waals surface area (Å²) < 4.78 is 15.8. The molecule has 4 rings (SSSR count). The molecule has 0 unspecified atom stereocenters. The van der Waals surface area contributed by atoms with Crippen LogP contribution in [0.5, 0.6) is 0 Å². The van der Waals surface area contributed by atoms with Crippen LogP contribution in [-0.4, -0.2) is 25.6 Å². The molecule has 7 heteroatoms. The summed E-state index contributed by atoms with van der Waals surface area (Å²) in [6.45, 7) is 0.0209. The predicted molar refractivity (Wildman–Crippen MR) is 102 cm³/mol. The van der Waals surface area contributed by atoms with Crippen LogP contribution in [0.1, 0.15) is 16.2 Å². The van der Waals surface area contributed by atoms with Gasteiger partial charge in [-0.3, -0.25) is 4.79 Å². The second-order valence-electron chi connectivity index (χ2n) is 6.19. The van der Waals surface area contributed by atoms with Gasteiger partial charge in [0.1, 0.15) is 17.2 Å². The molecular formula is C21H14FN3O3. The average Bonchev–Trinajstić information content (AvgIpc) is 2.71. The van der Waals surface area contributed by atoms with Crippen LogP contribution in [0.15, 0.2) is 71.9 Å². The summed E-state index contributed by atoms with van der Waals surface area (Å²) in [6.07, 6.45) is 4.43. The van der Waals surface area contributed by atoms with Crippen molar-refractivity contribution in [3.63, 3.8) is 0 Å². The quantitative estimate of drug-likeness (QED) is 0.591. The van der Waals surface area contributed by atoms with Crippen molar-refractivity contribution in [1.82, 2.24) is 14.5 Å². The zero-order chi connectivity index (χ0) is 19.7. The van der Waals surface area contributed by atoms with Crippen LogP contribution in [0.2, 0.25) is 0 Å². The van der Waals surface area contributed by atoms with E-state index in [1.165, 1.54) is 22.8 Å². The first-order chi connectivity index (χ1) is 13.5. The minimum Gasteiger partial charge on any atom is -0.477 e. The molecule has 0 bridgehead atoms. The van der Waals surface area contributed by atoms with Crippen molar-refractivity contribution in [1.29, 1.82) is 0 Å². The Hall–Kier alpha value is -3.87. The summed E-state index contributed by atoms with van der Waals surface area (Å²) in [5.41, 5.74) is 0.652. The Morgan fingerprint density at radius 3 is 2.39 bits per heavy atom. The van der Waals surface area contributed by atoms with E-state index in [2.05, 4.69) is 9.97 Å². The van der Waals surface area contributed by atoms with Gasteiger partial charge in [0.05, 0.1) is 12.1 Å². The SMILES string of the molecule is O=C(O)c1cn(Cc2ncc(-c3ccccc3)cn2)c2c(F)cccc2c1=O. The van der Waals surface area contributed by atoms with Gasteiger partial charge in [0.15, 0.2) is 0 Å². The number of nitrogens with zero attached hydrogens (tertiary/aromatic N) is 3. The summed E-state index contributed by atoms with van der Waals surface area (Å²) in [6, 6.07) is 13.6. The second-order valence-corrected chi connectivity index (χ2v) is 6.19. The molecule has 0 fully saturated rings. The Balaban J connectivity index is 1.78. The monoisotopic (exact) mass is 375 g/mol. The van der Waals surface area contributed by atoms with Gasteiger partial charge in [-0.2, -0.15) is 0 Å². The smallest absolute Gasteiger partial charge is 0.341 e. The highest BCUT2D eigenvalue weighted by atomic mass is 19.1. The highest BCUT2D eigenvalue weighted by Gasteiger charge is 2.17. The largest absolute Gasteiger partial charge is 0.477 e. The second kappa shape index (κ2) is 7.03. The zero-order valence-corrected chi connectivity index (χ0v) is 14.5. The van der Waals surface area contributed by atoms with Crippen LogP contribution in [0, 0.1) is 5.82 Å². The van der Waals surface area contributed by atoms with Gasteiger partial charge >= 0.3 is 5.97 Å². The molecule has 0 aliphatic rings. The van der Waals surface area contributed by atoms with Crippen LogP contribution < -0.4 is 5.43 Å². The van der Waals surface area contributed by atoms with Gasteiger partial charge in [-0.1, -0.05) is 36.4 Å². The summed E-state index contributed by atoms with van der Waals surface area (Å²) in [5, 5.41) is 9.31. The van der Waals surface area contributed by atoms with Gasteiger partial charge < -0.3 is 9.67 Å². The van der Waals surface area contributed by atoms with E-state index in [4.69, 9.17) is 0 Å². The van der Waals surface area contributed by atoms with Crippen LogP contribution >= 0.6 is 0 Å². The van der Waals surface area contributed by atoms with E-state index in [-0.39, 0.29) is 17.4 Å². The van der Waals surface area contributed by atoms with E-state index in [0.29, 0.717) is 5.82 Å². The molecule has 0 radical (unpaired) electrons. The first kappa shape index (κ1) is 17.5. The summed E-state index contributed by atoms with van der Waals surface area (Å²) >= 11 is 0. The number of carboxylic acids is 1. The average molecular weight is 375 g/mol. The number of aromatic carboxylic acids is 1. The zero-order valence-electron chi connectivity index (χ0n) is 14.5. The highest BCUT2D eigenvalue weighted by molar-refractivity contribution is 5.92. The Morgan fingerprint density at radius 1 is 1.00 bits per heavy atom. The Morgan fingerprint density at radius 2 is 1.71 bits per heavy atom. The summed E-state index contributed by atoms with van der Waals surface area (Å²) in [7, 11) is 0. The molecule has 6 nitrogen and oxygen atoms in total. The Labute approximate surface area is 158 Å². The van der Waals surface area contributed by atoms with Crippen molar-refractivity contribution < 1.29 is 14.3 Å². The maximum Gasteiger partial charge on any atom is 0.341 e. The molecule has 0 aliphatic heterocycles. The van der Waals surface area contributed by atoms with Crippen molar-refractivity contribution in [3.8, 4) is 11.1 Å². The summed E-state index contributed by atoms with van der Waals surface area (Å²) in [4.78, 5) is 32.4. The lowest BCUT2D eigenvalue weighted by Crippen LogP contribution is -2.20. The number of pyridine rings is 1. The van der Waals surface area contributed by atoms with E-state index in [1.807, 2.05) is 30.3 Å². The number of benzene rings is 2. The van der Waals surface area contributed by atoms with Gasteiger partial charge in [-0.15, -0.1) is 0 Å². The fourth-order valence-corrected chi connectivity index (χ4v) is 3.06. The van der Waals surface area contributed by atoms with E-state index in [0.717, 1.165) is 17.3 Å². The first-order valence-electron chi connectivity index (χ1n) is 8.46. The topological polar surface area (TPSA) is 85.1 Å². The number of carboxylic acid groups (broad SMARTS) is 1. The molecule has 0 aliphatic carbocycles. The lowest BCUT2D eigenvalue weighted by Gasteiger charge is -2.12. The molecular weight excluding hydrogens is 361 g/mol. The number of hydrogen-bond donors (Lipinski definition) is 1. The van der Waals surface area contributed by atoms with Crippen molar-refractivity contribution >= 4 is 16.9 Å². The third-order valence-corrected chi connectivity index (χ3v) is 4.40. The molecule has 0 amide bonds. The van der Waals surface area contributed by atoms with Crippen molar-refractivity contribution in [2.45, 2.75) is 6.54 Å². The molecule has 4 aromatic rings. The lowest BCUT2D eigenvalue weighted by atomic mass is 10.1. The van der Waals surface area contributed by atoms with Crippen molar-refractivity contribution in [2.24, 2.45) is 0 Å². The number of carbonyl (C=O) groups is 1. The van der Waals surface area contributed by atoms with Gasteiger partial charge in [0.25, 0.3) is 0 Å². The molecule has 1 N–H and O–H groups in total. The fraction of sp³-hybridized carbons (Fsp3) is 0.0476. The molecule has 0 saturated carbocycles. The number of hydrogen-bond acceptors (Lipinski definition) is 4. The van der Waals surface area contributed by atoms with Crippen LogP contribution in [0.25, 0.3) is 22.0 Å². The first-order valence-corrected chi connectivity index (χ1v) is 8.46. The molecule has 2 heterocycles. The number of halogens is 1. The van der Waals surface area contributed by atoms with E-state index >= 15 is 0 Å². The van der Waals surface area contributed by atoms with Crippen LogP contribution in [-0.2, 0) is 6.54 Å². The predicted octanol–water partition coefficient (Wildman–Crippen LogP) is 3.34. The van der Waals surface area contributed by atoms with Gasteiger partial charge in [0, 0.05) is 29.5 Å². The van der Waals surface area contributed by atoms with Crippen molar-refractivity contribution in [3.05, 3.63) is 94.5 Å². The Bertz CT molecular complexity index is 1240. The third kappa shape index (κ3) is 3.14. The molecule has 0 atom stereocenters.